The molecule has 0 radical (unpaired) electrons. The average Bonchev–Trinajstić information content (AvgIpc) is 3.85. The molecule has 7 rings (SSSR count). The SMILES string of the molecule is CC(n1cc(-c2cncc(N3CC4(C3)CC4(F)F)c2)nn1)n1ccc(N2CCC[C@@H](N(CC3CC3)C(=O)OC(C)(C)C)C2)cc1=O. The highest BCUT2D eigenvalue weighted by molar-refractivity contribution is 5.69. The summed E-state index contributed by atoms with van der Waals surface area (Å²) in [5.41, 5.74) is 1.32. The van der Waals surface area contributed by atoms with Crippen LogP contribution in [0.4, 0.5) is 25.0 Å². The largest absolute Gasteiger partial charge is 0.444 e. The molecule has 1 amide bonds. The monoisotopic (exact) mass is 636 g/mol. The number of carbonyl (C=O) groups is 1. The maximum atomic E-state index is 13.7. The van der Waals surface area contributed by atoms with Crippen LogP contribution in [-0.4, -0.2) is 85.8 Å². The molecule has 1 spiro atoms. The van der Waals surface area contributed by atoms with Crippen molar-refractivity contribution in [2.45, 2.75) is 83.5 Å². The van der Waals surface area contributed by atoms with Crippen LogP contribution >= 0.6 is 0 Å². The fourth-order valence-electron chi connectivity index (χ4n) is 6.75. The Morgan fingerprint density at radius 3 is 2.57 bits per heavy atom. The Morgan fingerprint density at radius 1 is 1.13 bits per heavy atom. The summed E-state index contributed by atoms with van der Waals surface area (Å²) in [6, 6.07) is 5.49. The van der Waals surface area contributed by atoms with Crippen LogP contribution in [0, 0.1) is 11.3 Å². The van der Waals surface area contributed by atoms with Crippen LogP contribution in [0.2, 0.25) is 0 Å². The zero-order valence-electron chi connectivity index (χ0n) is 26.9. The first-order valence-corrected chi connectivity index (χ1v) is 16.3. The van der Waals surface area contributed by atoms with Crippen LogP contribution in [-0.2, 0) is 4.74 Å². The van der Waals surface area contributed by atoms with Crippen LogP contribution in [0.25, 0.3) is 11.3 Å². The minimum atomic E-state index is -2.56. The van der Waals surface area contributed by atoms with Crippen LogP contribution in [0.5, 0.6) is 0 Å². The molecular formula is C33H42F2N8O3. The first kappa shape index (κ1) is 30.6. The number of ether oxygens (including phenoxy) is 1. The predicted octanol–water partition coefficient (Wildman–Crippen LogP) is 5.03. The topological polar surface area (TPSA) is 102 Å². The number of aromatic nitrogens is 5. The third kappa shape index (κ3) is 5.95. The minimum absolute atomic E-state index is 0.0176. The molecule has 0 N–H and O–H groups in total. The fraction of sp³-hybridized carbons (Fsp3) is 0.606. The molecule has 2 aliphatic carbocycles. The minimum Gasteiger partial charge on any atom is -0.444 e. The lowest BCUT2D eigenvalue weighted by Crippen LogP contribution is -2.52. The van der Waals surface area contributed by atoms with Gasteiger partial charge in [-0.1, -0.05) is 5.21 Å². The summed E-state index contributed by atoms with van der Waals surface area (Å²) in [7, 11) is 0. The number of carbonyl (C=O) groups excluding carboxylic acids is 1. The van der Waals surface area contributed by atoms with E-state index in [9.17, 15) is 18.4 Å². The second-order valence-corrected chi connectivity index (χ2v) is 14.6. The van der Waals surface area contributed by atoms with Crippen molar-refractivity contribution in [3.63, 3.8) is 0 Å². The smallest absolute Gasteiger partial charge is 0.410 e. The number of hydrogen-bond donors (Lipinski definition) is 0. The molecule has 3 aromatic rings. The maximum absolute atomic E-state index is 13.7. The number of pyridine rings is 2. The summed E-state index contributed by atoms with van der Waals surface area (Å²) in [4.78, 5) is 36.9. The van der Waals surface area contributed by atoms with E-state index < -0.39 is 23.1 Å². The van der Waals surface area contributed by atoms with Crippen molar-refractivity contribution in [2.24, 2.45) is 11.3 Å². The lowest BCUT2D eigenvalue weighted by atomic mass is 9.95. The van der Waals surface area contributed by atoms with E-state index in [0.29, 0.717) is 37.8 Å². The number of piperidine rings is 1. The van der Waals surface area contributed by atoms with E-state index in [0.717, 1.165) is 49.2 Å². The van der Waals surface area contributed by atoms with Gasteiger partial charge < -0.3 is 19.4 Å². The van der Waals surface area contributed by atoms with E-state index in [2.05, 4.69) is 20.2 Å². The summed E-state index contributed by atoms with van der Waals surface area (Å²) < 4.78 is 36.4. The molecule has 5 heterocycles. The fourth-order valence-corrected chi connectivity index (χ4v) is 6.75. The summed E-state index contributed by atoms with van der Waals surface area (Å²) in [6.45, 7) is 10.4. The zero-order valence-corrected chi connectivity index (χ0v) is 26.9. The molecule has 2 atom stereocenters. The Morgan fingerprint density at radius 2 is 1.89 bits per heavy atom. The normalized spacial score (nSPS) is 22.3. The Kier molecular flexibility index (Phi) is 7.35. The second-order valence-electron chi connectivity index (χ2n) is 14.6. The van der Waals surface area contributed by atoms with Crippen molar-refractivity contribution in [2.75, 3.05) is 42.5 Å². The van der Waals surface area contributed by atoms with Gasteiger partial charge in [0.1, 0.15) is 17.5 Å². The number of alkyl halides is 2. The average molecular weight is 637 g/mol. The molecule has 4 fully saturated rings. The molecule has 2 aliphatic heterocycles. The standard InChI is InChI=1S/C33H42F2N8O3/c1-22(43-18-28(37-38-43)24-12-27(15-36-14-24)40-20-32(21-40)19-33(32,34)35)41-11-9-25(13-29(41)44)39-10-5-6-26(17-39)42(16-23-7-8-23)30(45)46-31(2,3)4/h9,11-15,18,22-23,26H,5-8,10,16-17,19-21H2,1-4H3/t22?,26-/m1/s1. The van der Waals surface area contributed by atoms with Crippen molar-refractivity contribution in [3.05, 3.63) is 53.3 Å². The Labute approximate surface area is 267 Å². The summed E-state index contributed by atoms with van der Waals surface area (Å²) in [6.07, 6.45) is 10.2. The molecule has 0 bridgehead atoms. The first-order valence-electron chi connectivity index (χ1n) is 16.3. The van der Waals surface area contributed by atoms with Gasteiger partial charge in [0.15, 0.2) is 0 Å². The predicted molar refractivity (Wildman–Crippen MR) is 169 cm³/mol. The van der Waals surface area contributed by atoms with Gasteiger partial charge in [0.2, 0.25) is 0 Å². The molecule has 1 unspecified atom stereocenters. The highest BCUT2D eigenvalue weighted by Crippen LogP contribution is 2.65. The van der Waals surface area contributed by atoms with Crippen LogP contribution in [0.3, 0.4) is 0 Å². The lowest BCUT2D eigenvalue weighted by Gasteiger charge is -2.41. The summed E-state index contributed by atoms with van der Waals surface area (Å²) >= 11 is 0. The van der Waals surface area contributed by atoms with Gasteiger partial charge in [-0.2, -0.15) is 0 Å². The number of nitrogens with zero attached hydrogens (tertiary/aromatic N) is 8. The number of rotatable bonds is 8. The molecular weight excluding hydrogens is 594 g/mol. The molecule has 4 aliphatic rings. The third-order valence-corrected chi connectivity index (χ3v) is 9.79. The summed E-state index contributed by atoms with van der Waals surface area (Å²) in [5, 5.41) is 8.61. The third-order valence-electron chi connectivity index (χ3n) is 9.79. The highest BCUT2D eigenvalue weighted by atomic mass is 19.3. The van der Waals surface area contributed by atoms with Crippen molar-refractivity contribution < 1.29 is 18.3 Å². The number of anilines is 2. The van der Waals surface area contributed by atoms with Crippen LogP contribution in [0.15, 0.2) is 47.8 Å². The molecule has 2 saturated carbocycles. The van der Waals surface area contributed by atoms with E-state index in [4.69, 9.17) is 4.74 Å². The first-order chi connectivity index (χ1) is 21.8. The van der Waals surface area contributed by atoms with E-state index in [1.807, 2.05) is 49.6 Å². The lowest BCUT2D eigenvalue weighted by molar-refractivity contribution is 0.0134. The number of halogens is 2. The molecule has 13 heteroatoms. The molecule has 46 heavy (non-hydrogen) atoms. The molecule has 3 aromatic heterocycles. The number of hydrogen-bond acceptors (Lipinski definition) is 8. The van der Waals surface area contributed by atoms with Crippen LogP contribution in [0.1, 0.15) is 66.0 Å². The van der Waals surface area contributed by atoms with Gasteiger partial charge in [-0.05, 0) is 71.4 Å². The van der Waals surface area contributed by atoms with E-state index in [1.165, 1.54) is 0 Å². The van der Waals surface area contributed by atoms with E-state index in [1.54, 1.807) is 40.1 Å². The number of amides is 1. The molecule has 0 aromatic carbocycles. The molecule has 11 nitrogen and oxygen atoms in total. The van der Waals surface area contributed by atoms with E-state index in [-0.39, 0.29) is 24.1 Å². The zero-order chi connectivity index (χ0) is 32.4. The molecule has 2 saturated heterocycles. The van der Waals surface area contributed by atoms with Gasteiger partial charge >= 0.3 is 6.09 Å². The second kappa shape index (κ2) is 11.0. The van der Waals surface area contributed by atoms with Gasteiger partial charge in [-0.15, -0.1) is 5.10 Å². The molecule has 246 valence electrons. The van der Waals surface area contributed by atoms with Gasteiger partial charge in [0.25, 0.3) is 11.5 Å². The Balaban J connectivity index is 1.02. The van der Waals surface area contributed by atoms with Gasteiger partial charge in [0, 0.05) is 68.9 Å². The summed E-state index contributed by atoms with van der Waals surface area (Å²) in [5.74, 6) is -2.02. The van der Waals surface area contributed by atoms with Crippen molar-refractivity contribution in [3.8, 4) is 11.3 Å². The van der Waals surface area contributed by atoms with E-state index >= 15 is 0 Å². The Hall–Kier alpha value is -4.03. The van der Waals surface area contributed by atoms with Gasteiger partial charge in [-0.3, -0.25) is 14.3 Å². The van der Waals surface area contributed by atoms with Crippen molar-refractivity contribution in [1.29, 1.82) is 0 Å². The maximum Gasteiger partial charge on any atom is 0.410 e. The highest BCUT2D eigenvalue weighted by Gasteiger charge is 2.75. The quantitative estimate of drug-likeness (QED) is 0.340. The Bertz CT molecular complexity index is 1670. The van der Waals surface area contributed by atoms with Crippen molar-refractivity contribution >= 4 is 17.5 Å². The van der Waals surface area contributed by atoms with Gasteiger partial charge in [0.05, 0.1) is 29.5 Å². The van der Waals surface area contributed by atoms with Crippen molar-refractivity contribution in [1.82, 2.24) is 29.4 Å². The van der Waals surface area contributed by atoms with Gasteiger partial charge in [-0.25, -0.2) is 18.3 Å². The van der Waals surface area contributed by atoms with Crippen LogP contribution < -0.4 is 15.4 Å².